The molecule has 0 aliphatic carbocycles. The number of nitrogens with one attached hydrogen (secondary N) is 1. The van der Waals surface area contributed by atoms with Crippen LogP contribution in [0.25, 0.3) is 11.0 Å². The third-order valence-corrected chi connectivity index (χ3v) is 4.11. The number of benzene rings is 2. The first kappa shape index (κ1) is 15.9. The number of carbonyl (C=O) groups is 1. The van der Waals surface area contributed by atoms with E-state index in [1.54, 1.807) is 19.2 Å². The van der Waals surface area contributed by atoms with Crippen LogP contribution in [-0.4, -0.2) is 22.6 Å². The summed E-state index contributed by atoms with van der Waals surface area (Å²) in [6.45, 7) is 1.86. The average Bonchev–Trinajstić information content (AvgIpc) is 2.88. The Morgan fingerprint density at radius 3 is 2.62 bits per heavy atom. The van der Waals surface area contributed by atoms with Crippen molar-refractivity contribution in [2.75, 3.05) is 12.8 Å². The molecule has 6 nitrogen and oxygen atoms in total. The van der Waals surface area contributed by atoms with Crippen LogP contribution in [0.4, 0.5) is 5.69 Å². The van der Waals surface area contributed by atoms with Gasteiger partial charge in [-0.15, -0.1) is 0 Å². The van der Waals surface area contributed by atoms with Gasteiger partial charge < -0.3 is 15.5 Å². The van der Waals surface area contributed by atoms with E-state index < -0.39 is 5.69 Å². The molecule has 3 rings (SSSR count). The van der Waals surface area contributed by atoms with E-state index in [2.05, 4.69) is 4.98 Å². The highest BCUT2D eigenvalue weighted by Gasteiger charge is 2.15. The van der Waals surface area contributed by atoms with Gasteiger partial charge in [0.05, 0.1) is 18.1 Å². The second-order valence-electron chi connectivity index (χ2n) is 5.73. The monoisotopic (exact) mass is 325 g/mol. The first-order valence-electron chi connectivity index (χ1n) is 7.66. The number of nitrogen functional groups attached to an aromatic ring is 1. The van der Waals surface area contributed by atoms with Gasteiger partial charge in [-0.2, -0.15) is 0 Å². The van der Waals surface area contributed by atoms with Gasteiger partial charge in [0, 0.05) is 12.1 Å². The minimum absolute atomic E-state index is 0.229. The normalized spacial score (nSPS) is 10.9. The molecule has 124 valence electrons. The van der Waals surface area contributed by atoms with Crippen molar-refractivity contribution >= 4 is 22.6 Å². The van der Waals surface area contributed by atoms with Crippen molar-refractivity contribution < 1.29 is 9.53 Å². The lowest BCUT2D eigenvalue weighted by Crippen LogP contribution is -2.24. The number of nitrogens with two attached hydrogens (primary N) is 1. The van der Waals surface area contributed by atoms with E-state index >= 15 is 0 Å². The lowest BCUT2D eigenvalue weighted by molar-refractivity contribution is 0.0904. The summed E-state index contributed by atoms with van der Waals surface area (Å²) in [5.41, 5.74) is 9.02. The molecule has 0 unspecified atom stereocenters. The van der Waals surface area contributed by atoms with Crippen molar-refractivity contribution in [2.45, 2.75) is 19.8 Å². The first-order chi connectivity index (χ1) is 11.5. The van der Waals surface area contributed by atoms with Gasteiger partial charge in [0.1, 0.15) is 5.75 Å². The number of H-pyrrole nitrogens is 1. The summed E-state index contributed by atoms with van der Waals surface area (Å²) in [5, 5.41) is 0. The molecule has 0 saturated heterocycles. The molecule has 0 aliphatic heterocycles. The topological polar surface area (TPSA) is 90.1 Å². The second-order valence-corrected chi connectivity index (χ2v) is 5.73. The fourth-order valence-corrected chi connectivity index (χ4v) is 2.68. The Labute approximate surface area is 138 Å². The molecule has 0 aliphatic rings. The van der Waals surface area contributed by atoms with E-state index in [0.29, 0.717) is 23.1 Å². The fourth-order valence-electron chi connectivity index (χ4n) is 2.68. The van der Waals surface area contributed by atoms with Crippen LogP contribution in [0.2, 0.25) is 0 Å². The molecule has 1 heterocycles. The predicted molar refractivity (Wildman–Crippen MR) is 93.6 cm³/mol. The molecular weight excluding hydrogens is 306 g/mol. The molecule has 0 atom stereocenters. The van der Waals surface area contributed by atoms with Crippen molar-refractivity contribution in [3.8, 4) is 5.75 Å². The molecule has 0 saturated carbocycles. The summed E-state index contributed by atoms with van der Waals surface area (Å²) < 4.78 is 6.27. The number of fused-ring (bicyclic) bond motifs is 1. The number of hydrogen-bond donors (Lipinski definition) is 2. The van der Waals surface area contributed by atoms with Crippen LogP contribution in [0.5, 0.6) is 5.75 Å². The van der Waals surface area contributed by atoms with Gasteiger partial charge in [0.25, 0.3) is 0 Å². The second kappa shape index (κ2) is 6.23. The number of imidazole rings is 1. The summed E-state index contributed by atoms with van der Waals surface area (Å²) in [5.74, 6) is 0.508. The molecule has 1 aromatic heterocycles. The smallest absolute Gasteiger partial charge is 0.333 e. The number of ether oxygens (including phenoxy) is 1. The van der Waals surface area contributed by atoms with Gasteiger partial charge in [-0.25, -0.2) is 9.36 Å². The molecule has 0 radical (unpaired) electrons. The molecule has 3 N–H and O–H groups in total. The average molecular weight is 325 g/mol. The summed E-state index contributed by atoms with van der Waals surface area (Å²) in [6, 6.07) is 11.0. The third kappa shape index (κ3) is 2.90. The summed E-state index contributed by atoms with van der Waals surface area (Å²) in [7, 11) is 1.61. The number of rotatable bonds is 4. The lowest BCUT2D eigenvalue weighted by atomic mass is 10.1. The number of anilines is 1. The molecule has 0 spiro atoms. The van der Waals surface area contributed by atoms with Crippen LogP contribution in [0.15, 0.2) is 41.2 Å². The lowest BCUT2D eigenvalue weighted by Gasteiger charge is -2.05. The largest absolute Gasteiger partial charge is 0.497 e. The Kier molecular flexibility index (Phi) is 4.12. The van der Waals surface area contributed by atoms with Gasteiger partial charge in [-0.05, 0) is 48.7 Å². The molecule has 0 bridgehead atoms. The Bertz CT molecular complexity index is 952. The van der Waals surface area contributed by atoms with Crippen LogP contribution in [0.1, 0.15) is 22.3 Å². The van der Waals surface area contributed by atoms with Crippen molar-refractivity contribution in [3.05, 3.63) is 58.0 Å². The summed E-state index contributed by atoms with van der Waals surface area (Å²) >= 11 is 0. The molecule has 3 aromatic rings. The number of hydrogen-bond acceptors (Lipinski definition) is 4. The van der Waals surface area contributed by atoms with E-state index in [1.165, 1.54) is 0 Å². The maximum absolute atomic E-state index is 12.5. The highest BCUT2D eigenvalue weighted by Crippen LogP contribution is 2.19. The zero-order valence-electron chi connectivity index (χ0n) is 13.6. The number of aromatic amines is 1. The van der Waals surface area contributed by atoms with E-state index in [-0.39, 0.29) is 12.3 Å². The minimum atomic E-state index is -0.435. The van der Waals surface area contributed by atoms with E-state index in [1.807, 2.05) is 31.2 Å². The number of nitrogens with zero attached hydrogens (tertiary/aromatic N) is 1. The van der Waals surface area contributed by atoms with Crippen LogP contribution in [0, 0.1) is 6.92 Å². The van der Waals surface area contributed by atoms with Crippen LogP contribution < -0.4 is 16.2 Å². The third-order valence-electron chi connectivity index (χ3n) is 4.11. The quantitative estimate of drug-likeness (QED) is 0.721. The minimum Gasteiger partial charge on any atom is -0.497 e. The first-order valence-corrected chi connectivity index (χ1v) is 7.66. The van der Waals surface area contributed by atoms with Crippen molar-refractivity contribution in [2.24, 2.45) is 0 Å². The highest BCUT2D eigenvalue weighted by molar-refractivity contribution is 5.92. The van der Waals surface area contributed by atoms with Crippen molar-refractivity contribution in [1.82, 2.24) is 9.55 Å². The highest BCUT2D eigenvalue weighted by atomic mass is 16.5. The fraction of sp³-hybridized carbons (Fsp3) is 0.222. The Morgan fingerprint density at radius 2 is 1.96 bits per heavy atom. The zero-order valence-corrected chi connectivity index (χ0v) is 13.6. The van der Waals surface area contributed by atoms with E-state index in [4.69, 9.17) is 10.5 Å². The van der Waals surface area contributed by atoms with Crippen LogP contribution in [-0.2, 0) is 6.42 Å². The maximum Gasteiger partial charge on any atom is 0.333 e. The Balaban J connectivity index is 1.84. The Morgan fingerprint density at radius 1 is 1.25 bits per heavy atom. The van der Waals surface area contributed by atoms with Crippen LogP contribution >= 0.6 is 0 Å². The number of aryl methyl sites for hydroxylation is 2. The SMILES string of the molecule is COc1ccc(CCC(=O)n2c(=O)[nH]c3cc(C)c(N)cc32)cc1. The van der Waals surface area contributed by atoms with Crippen molar-refractivity contribution in [3.63, 3.8) is 0 Å². The number of aromatic nitrogens is 2. The number of carbonyl (C=O) groups excluding carboxylic acids is 1. The van der Waals surface area contributed by atoms with Gasteiger partial charge in [0.15, 0.2) is 0 Å². The molecule has 0 fully saturated rings. The zero-order chi connectivity index (χ0) is 17.3. The predicted octanol–water partition coefficient (Wildman–Crippen LogP) is 2.50. The standard InChI is InChI=1S/C18H19N3O3/c1-11-9-15-16(10-14(11)19)21(18(23)20-15)17(22)8-5-12-3-6-13(24-2)7-4-12/h3-4,6-7,9-10H,5,8,19H2,1-2H3,(H,20,23). The van der Waals surface area contributed by atoms with E-state index in [0.717, 1.165) is 21.4 Å². The van der Waals surface area contributed by atoms with Gasteiger partial charge in [0.2, 0.25) is 5.91 Å². The Hall–Kier alpha value is -3.02. The maximum atomic E-state index is 12.5. The molecule has 2 aromatic carbocycles. The van der Waals surface area contributed by atoms with Crippen molar-refractivity contribution in [1.29, 1.82) is 0 Å². The van der Waals surface area contributed by atoms with Gasteiger partial charge >= 0.3 is 5.69 Å². The molecule has 0 amide bonds. The van der Waals surface area contributed by atoms with E-state index in [9.17, 15) is 9.59 Å². The molecule has 24 heavy (non-hydrogen) atoms. The van der Waals surface area contributed by atoms with Gasteiger partial charge in [-0.1, -0.05) is 12.1 Å². The molecule has 6 heteroatoms. The molecular formula is C18H19N3O3. The van der Waals surface area contributed by atoms with Gasteiger partial charge in [-0.3, -0.25) is 4.79 Å². The summed E-state index contributed by atoms with van der Waals surface area (Å²) in [4.78, 5) is 27.3. The number of methoxy groups -OCH3 is 1. The summed E-state index contributed by atoms with van der Waals surface area (Å²) in [6.07, 6.45) is 0.774. The van der Waals surface area contributed by atoms with Crippen LogP contribution in [0.3, 0.4) is 0 Å².